The van der Waals surface area contributed by atoms with Gasteiger partial charge in [-0.25, -0.2) is 0 Å². The number of halogens is 1. The largest absolute Gasteiger partial charge is 0.350 e. The van der Waals surface area contributed by atoms with Crippen LogP contribution < -0.4 is 5.32 Å². The van der Waals surface area contributed by atoms with Gasteiger partial charge in [-0.15, -0.1) is 0 Å². The van der Waals surface area contributed by atoms with Crippen molar-refractivity contribution in [3.05, 3.63) is 107 Å². The molecule has 1 fully saturated rings. The maximum atomic E-state index is 13.2. The molecule has 0 aliphatic carbocycles. The van der Waals surface area contributed by atoms with Gasteiger partial charge in [-0.1, -0.05) is 72.3 Å². The fraction of sp³-hybridized carbons (Fsp3) is 0.231. The average molecular weight is 448 g/mol. The van der Waals surface area contributed by atoms with Crippen molar-refractivity contribution in [1.82, 2.24) is 15.1 Å². The first kappa shape index (κ1) is 22.1. The molecule has 6 heteroatoms. The van der Waals surface area contributed by atoms with Gasteiger partial charge in [0.1, 0.15) is 6.04 Å². The molecular weight excluding hydrogens is 422 g/mol. The summed E-state index contributed by atoms with van der Waals surface area (Å²) in [7, 11) is 0. The van der Waals surface area contributed by atoms with Crippen LogP contribution in [0.4, 0.5) is 0 Å². The monoisotopic (exact) mass is 447 g/mol. The minimum atomic E-state index is -0.396. The van der Waals surface area contributed by atoms with Gasteiger partial charge in [0.15, 0.2) is 0 Å². The van der Waals surface area contributed by atoms with Crippen molar-refractivity contribution in [3.63, 3.8) is 0 Å². The van der Waals surface area contributed by atoms with Crippen LogP contribution in [-0.4, -0.2) is 47.8 Å². The van der Waals surface area contributed by atoms with Gasteiger partial charge in [-0.3, -0.25) is 14.5 Å². The van der Waals surface area contributed by atoms with Crippen LogP contribution in [-0.2, 0) is 11.3 Å². The van der Waals surface area contributed by atoms with Gasteiger partial charge >= 0.3 is 0 Å². The fourth-order valence-electron chi connectivity index (χ4n) is 4.00. The number of benzene rings is 3. The lowest BCUT2D eigenvalue weighted by Gasteiger charge is -2.38. The molecule has 1 atom stereocenters. The van der Waals surface area contributed by atoms with Crippen LogP contribution in [0.3, 0.4) is 0 Å². The highest BCUT2D eigenvalue weighted by Crippen LogP contribution is 2.23. The first-order valence-electron chi connectivity index (χ1n) is 10.8. The zero-order chi connectivity index (χ0) is 22.3. The lowest BCUT2D eigenvalue weighted by atomic mass is 10.0. The molecule has 164 valence electrons. The number of amides is 2. The maximum Gasteiger partial charge on any atom is 0.253 e. The van der Waals surface area contributed by atoms with Gasteiger partial charge in [-0.2, -0.15) is 0 Å². The summed E-state index contributed by atoms with van der Waals surface area (Å²) in [4.78, 5) is 30.1. The van der Waals surface area contributed by atoms with Gasteiger partial charge in [-0.05, 0) is 35.4 Å². The van der Waals surface area contributed by atoms with E-state index >= 15 is 0 Å². The molecule has 4 rings (SSSR count). The van der Waals surface area contributed by atoms with E-state index in [4.69, 9.17) is 11.6 Å². The van der Waals surface area contributed by atoms with Gasteiger partial charge in [0.2, 0.25) is 5.91 Å². The molecule has 2 amide bonds. The summed E-state index contributed by atoms with van der Waals surface area (Å²) >= 11 is 5.94. The Hall–Kier alpha value is -3.15. The molecule has 0 radical (unpaired) electrons. The quantitative estimate of drug-likeness (QED) is 0.617. The van der Waals surface area contributed by atoms with Gasteiger partial charge in [0, 0.05) is 43.3 Å². The predicted octanol–water partition coefficient (Wildman–Crippen LogP) is 4.16. The summed E-state index contributed by atoms with van der Waals surface area (Å²) in [5.74, 6) is -0.0383. The van der Waals surface area contributed by atoms with E-state index in [1.807, 2.05) is 65.6 Å². The lowest BCUT2D eigenvalue weighted by Crippen LogP contribution is -2.52. The highest BCUT2D eigenvalue weighted by Gasteiger charge is 2.31. The van der Waals surface area contributed by atoms with Crippen molar-refractivity contribution >= 4 is 23.4 Å². The Kier molecular flexibility index (Phi) is 7.20. The SMILES string of the molecule is O=C(NCc1ccccc1)[C@H](c1ccccc1)N1CCN(C(=O)c2ccc(Cl)cc2)CC1. The first-order valence-corrected chi connectivity index (χ1v) is 11.1. The van der Waals surface area contributed by atoms with E-state index in [1.54, 1.807) is 24.3 Å². The summed E-state index contributed by atoms with van der Waals surface area (Å²) in [6.45, 7) is 2.86. The van der Waals surface area contributed by atoms with E-state index in [1.165, 1.54) is 0 Å². The molecule has 1 N–H and O–H groups in total. The summed E-state index contributed by atoms with van der Waals surface area (Å²) in [5.41, 5.74) is 2.64. The summed E-state index contributed by atoms with van der Waals surface area (Å²) in [6, 6.07) is 26.3. The molecule has 1 aliphatic heterocycles. The lowest BCUT2D eigenvalue weighted by molar-refractivity contribution is -0.127. The third kappa shape index (κ3) is 5.36. The van der Waals surface area contributed by atoms with Crippen LogP contribution in [0.5, 0.6) is 0 Å². The standard InChI is InChI=1S/C26H26ClN3O2/c27-23-13-11-22(12-14-23)26(32)30-17-15-29(16-18-30)24(21-9-5-2-6-10-21)25(31)28-19-20-7-3-1-4-8-20/h1-14,24H,15-19H2,(H,28,31)/t24-/m0/s1. The fourth-order valence-corrected chi connectivity index (χ4v) is 4.13. The molecule has 1 saturated heterocycles. The molecule has 1 aliphatic rings. The van der Waals surface area contributed by atoms with Crippen LogP contribution >= 0.6 is 11.6 Å². The number of piperazine rings is 1. The van der Waals surface area contributed by atoms with E-state index in [9.17, 15) is 9.59 Å². The van der Waals surface area contributed by atoms with E-state index in [-0.39, 0.29) is 11.8 Å². The Bertz CT molecular complexity index is 1030. The third-order valence-electron chi connectivity index (χ3n) is 5.73. The van der Waals surface area contributed by atoms with Crippen LogP contribution in [0.25, 0.3) is 0 Å². The minimum absolute atomic E-state index is 0.00823. The molecule has 3 aromatic rings. The highest BCUT2D eigenvalue weighted by atomic mass is 35.5. The van der Waals surface area contributed by atoms with Crippen molar-refractivity contribution in [2.24, 2.45) is 0 Å². The second kappa shape index (κ2) is 10.4. The van der Waals surface area contributed by atoms with Crippen LogP contribution in [0, 0.1) is 0 Å². The molecule has 1 heterocycles. The number of carbonyl (C=O) groups is 2. The Morgan fingerprint density at radius 1 is 0.812 bits per heavy atom. The zero-order valence-corrected chi connectivity index (χ0v) is 18.5. The molecular formula is C26H26ClN3O2. The summed E-state index contributed by atoms with van der Waals surface area (Å²) < 4.78 is 0. The maximum absolute atomic E-state index is 13.2. The smallest absolute Gasteiger partial charge is 0.253 e. The number of rotatable bonds is 6. The van der Waals surface area contributed by atoms with E-state index in [0.29, 0.717) is 43.3 Å². The molecule has 32 heavy (non-hydrogen) atoms. The van der Waals surface area contributed by atoms with Crippen LogP contribution in [0.1, 0.15) is 27.5 Å². The second-order valence-corrected chi connectivity index (χ2v) is 8.29. The van der Waals surface area contributed by atoms with Gasteiger partial charge < -0.3 is 10.2 Å². The van der Waals surface area contributed by atoms with Crippen molar-refractivity contribution in [3.8, 4) is 0 Å². The third-order valence-corrected chi connectivity index (χ3v) is 5.98. The Labute approximate surface area is 193 Å². The van der Waals surface area contributed by atoms with Crippen molar-refractivity contribution in [1.29, 1.82) is 0 Å². The zero-order valence-electron chi connectivity index (χ0n) is 17.8. The number of nitrogens with zero attached hydrogens (tertiary/aromatic N) is 2. The second-order valence-electron chi connectivity index (χ2n) is 7.85. The van der Waals surface area contributed by atoms with Crippen molar-refractivity contribution in [2.75, 3.05) is 26.2 Å². The minimum Gasteiger partial charge on any atom is -0.350 e. The molecule has 3 aromatic carbocycles. The summed E-state index contributed by atoms with van der Waals surface area (Å²) in [6.07, 6.45) is 0. The topological polar surface area (TPSA) is 52.7 Å². The average Bonchev–Trinajstić information content (AvgIpc) is 2.85. The van der Waals surface area contributed by atoms with Crippen LogP contribution in [0.2, 0.25) is 5.02 Å². The molecule has 0 spiro atoms. The normalized spacial score (nSPS) is 15.2. The first-order chi connectivity index (χ1) is 15.6. The number of carbonyl (C=O) groups excluding carboxylic acids is 2. The Balaban J connectivity index is 1.43. The number of hydrogen-bond acceptors (Lipinski definition) is 3. The van der Waals surface area contributed by atoms with Gasteiger partial charge in [0.25, 0.3) is 5.91 Å². The summed E-state index contributed by atoms with van der Waals surface area (Å²) in [5, 5.41) is 3.70. The highest BCUT2D eigenvalue weighted by molar-refractivity contribution is 6.30. The van der Waals surface area contributed by atoms with E-state index in [2.05, 4.69) is 10.2 Å². The molecule has 0 bridgehead atoms. The Morgan fingerprint density at radius 2 is 1.41 bits per heavy atom. The van der Waals surface area contributed by atoms with E-state index < -0.39 is 6.04 Å². The molecule has 5 nitrogen and oxygen atoms in total. The Morgan fingerprint density at radius 3 is 2.03 bits per heavy atom. The van der Waals surface area contributed by atoms with Crippen molar-refractivity contribution in [2.45, 2.75) is 12.6 Å². The predicted molar refractivity (Wildman–Crippen MR) is 126 cm³/mol. The number of nitrogens with one attached hydrogen (secondary N) is 1. The molecule has 0 saturated carbocycles. The van der Waals surface area contributed by atoms with Crippen molar-refractivity contribution < 1.29 is 9.59 Å². The van der Waals surface area contributed by atoms with Gasteiger partial charge in [0.05, 0.1) is 0 Å². The number of hydrogen-bond donors (Lipinski definition) is 1. The molecule has 0 unspecified atom stereocenters. The van der Waals surface area contributed by atoms with E-state index in [0.717, 1.165) is 11.1 Å². The molecule has 0 aromatic heterocycles. The van der Waals surface area contributed by atoms with Crippen LogP contribution in [0.15, 0.2) is 84.9 Å².